The van der Waals surface area contributed by atoms with Crippen molar-refractivity contribution in [2.45, 2.75) is 19.5 Å². The summed E-state index contributed by atoms with van der Waals surface area (Å²) < 4.78 is 38.6. The number of thiazole rings is 1. The highest BCUT2D eigenvalue weighted by Crippen LogP contribution is 2.31. The zero-order valence-electron chi connectivity index (χ0n) is 15.1. The lowest BCUT2D eigenvalue weighted by Gasteiger charge is -2.36. The first-order valence-electron chi connectivity index (χ1n) is 8.64. The Balaban J connectivity index is 1.55. The molecule has 2 amide bonds. The quantitative estimate of drug-likeness (QED) is 0.839. The highest BCUT2D eigenvalue weighted by Gasteiger charge is 2.31. The Morgan fingerprint density at radius 3 is 2.57 bits per heavy atom. The van der Waals surface area contributed by atoms with Crippen LogP contribution in [0, 0.1) is 0 Å². The molecule has 1 N–H and O–H groups in total. The average molecular weight is 412 g/mol. The number of hydrogen-bond acceptors (Lipinski definition) is 5. The number of anilines is 2. The van der Waals surface area contributed by atoms with Crippen LogP contribution in [0.2, 0.25) is 0 Å². The van der Waals surface area contributed by atoms with E-state index in [1.165, 1.54) is 24.3 Å². The van der Waals surface area contributed by atoms with E-state index in [1.54, 1.807) is 16.3 Å². The fourth-order valence-electron chi connectivity index (χ4n) is 2.96. The summed E-state index contributed by atoms with van der Waals surface area (Å²) in [5.41, 5.74) is 0.405. The van der Waals surface area contributed by atoms with Crippen molar-refractivity contribution in [2.24, 2.45) is 0 Å². The van der Waals surface area contributed by atoms with Gasteiger partial charge in [-0.2, -0.15) is 13.2 Å². The van der Waals surface area contributed by atoms with Gasteiger partial charge in [0.2, 0.25) is 11.8 Å². The van der Waals surface area contributed by atoms with E-state index in [0.29, 0.717) is 42.7 Å². The van der Waals surface area contributed by atoms with Crippen molar-refractivity contribution >= 4 is 34.0 Å². The molecule has 2 heterocycles. The topological polar surface area (TPSA) is 65.5 Å². The Morgan fingerprint density at radius 2 is 1.93 bits per heavy atom. The van der Waals surface area contributed by atoms with Gasteiger partial charge in [-0.25, -0.2) is 4.98 Å². The first-order valence-corrected chi connectivity index (χ1v) is 9.52. The number of halogens is 3. The van der Waals surface area contributed by atoms with Crippen LogP contribution in [0.4, 0.5) is 24.0 Å². The number of amides is 2. The molecule has 1 aliphatic heterocycles. The number of alkyl halides is 3. The fourth-order valence-corrected chi connectivity index (χ4v) is 3.71. The third kappa shape index (κ3) is 5.00. The third-order valence-electron chi connectivity index (χ3n) is 4.34. The monoisotopic (exact) mass is 412 g/mol. The molecule has 0 saturated carbocycles. The zero-order valence-corrected chi connectivity index (χ0v) is 15.9. The number of hydrogen-bond donors (Lipinski definition) is 1. The van der Waals surface area contributed by atoms with Gasteiger partial charge >= 0.3 is 6.18 Å². The van der Waals surface area contributed by atoms with Crippen molar-refractivity contribution in [1.82, 2.24) is 9.88 Å². The molecule has 1 aromatic heterocycles. The van der Waals surface area contributed by atoms with Crippen LogP contribution in [-0.4, -0.2) is 47.9 Å². The van der Waals surface area contributed by atoms with Crippen molar-refractivity contribution in [3.63, 3.8) is 0 Å². The lowest BCUT2D eigenvalue weighted by atomic mass is 10.1. The van der Waals surface area contributed by atoms with Crippen LogP contribution in [0.5, 0.6) is 0 Å². The van der Waals surface area contributed by atoms with Crippen LogP contribution in [-0.2, 0) is 22.2 Å². The second kappa shape index (κ2) is 8.17. The van der Waals surface area contributed by atoms with Gasteiger partial charge in [0.25, 0.3) is 0 Å². The molecule has 0 atom stereocenters. The van der Waals surface area contributed by atoms with E-state index < -0.39 is 11.7 Å². The predicted octanol–water partition coefficient (Wildman–Crippen LogP) is 3.01. The van der Waals surface area contributed by atoms with E-state index in [4.69, 9.17) is 0 Å². The molecule has 28 heavy (non-hydrogen) atoms. The molecule has 6 nitrogen and oxygen atoms in total. The summed E-state index contributed by atoms with van der Waals surface area (Å²) in [6.45, 7) is 3.16. The number of carbonyl (C=O) groups excluding carboxylic acids is 2. The number of nitrogens with zero attached hydrogens (tertiary/aromatic N) is 3. The van der Waals surface area contributed by atoms with Gasteiger partial charge in [0.05, 0.1) is 17.7 Å². The first-order chi connectivity index (χ1) is 13.2. The van der Waals surface area contributed by atoms with E-state index >= 15 is 0 Å². The Hall–Kier alpha value is -2.62. The molecular weight excluding hydrogens is 393 g/mol. The van der Waals surface area contributed by atoms with Crippen molar-refractivity contribution in [3.8, 4) is 0 Å². The smallest absolute Gasteiger partial charge is 0.368 e. The first kappa shape index (κ1) is 20.1. The van der Waals surface area contributed by atoms with Crippen LogP contribution in [0.3, 0.4) is 0 Å². The highest BCUT2D eigenvalue weighted by atomic mass is 32.1. The molecule has 1 aliphatic rings. The van der Waals surface area contributed by atoms with E-state index in [9.17, 15) is 22.8 Å². The predicted molar refractivity (Wildman–Crippen MR) is 100 cm³/mol. The molecular formula is C18H19F3N4O2S. The maximum atomic E-state index is 12.9. The van der Waals surface area contributed by atoms with Gasteiger partial charge < -0.3 is 15.1 Å². The SMILES string of the molecule is CC(=O)Nc1nc(CC(=O)N2CCN(c3cccc(C(F)(F)F)c3)CC2)cs1. The second-order valence-electron chi connectivity index (χ2n) is 6.42. The number of aromatic nitrogens is 1. The molecule has 0 unspecified atom stereocenters. The van der Waals surface area contributed by atoms with E-state index in [2.05, 4.69) is 10.3 Å². The molecule has 2 aromatic rings. The van der Waals surface area contributed by atoms with Crippen LogP contribution in [0.25, 0.3) is 0 Å². The minimum atomic E-state index is -4.38. The van der Waals surface area contributed by atoms with Gasteiger partial charge in [-0.1, -0.05) is 6.07 Å². The zero-order chi connectivity index (χ0) is 20.3. The lowest BCUT2D eigenvalue weighted by Crippen LogP contribution is -2.49. The minimum absolute atomic E-state index is 0.0941. The summed E-state index contributed by atoms with van der Waals surface area (Å²) in [7, 11) is 0. The Bertz CT molecular complexity index is 861. The minimum Gasteiger partial charge on any atom is -0.368 e. The summed E-state index contributed by atoms with van der Waals surface area (Å²) >= 11 is 1.25. The Morgan fingerprint density at radius 1 is 1.21 bits per heavy atom. The number of benzene rings is 1. The van der Waals surface area contributed by atoms with Crippen molar-refractivity contribution < 1.29 is 22.8 Å². The molecule has 1 saturated heterocycles. The number of rotatable bonds is 4. The summed E-state index contributed by atoms with van der Waals surface area (Å²) in [5.74, 6) is -0.318. The second-order valence-corrected chi connectivity index (χ2v) is 7.28. The summed E-state index contributed by atoms with van der Waals surface area (Å²) in [4.78, 5) is 31.2. The molecule has 10 heteroatoms. The van der Waals surface area contributed by atoms with Crippen LogP contribution in [0.1, 0.15) is 18.2 Å². The van der Waals surface area contributed by atoms with Gasteiger partial charge in [0.1, 0.15) is 0 Å². The molecule has 1 aromatic carbocycles. The third-order valence-corrected chi connectivity index (χ3v) is 5.14. The van der Waals surface area contributed by atoms with Gasteiger partial charge in [-0.15, -0.1) is 11.3 Å². The molecule has 1 fully saturated rings. The maximum Gasteiger partial charge on any atom is 0.416 e. The molecule has 0 aliphatic carbocycles. The largest absolute Gasteiger partial charge is 0.416 e. The van der Waals surface area contributed by atoms with Gasteiger partial charge in [-0.05, 0) is 18.2 Å². The lowest BCUT2D eigenvalue weighted by molar-refractivity contribution is -0.137. The Labute approximate surface area is 164 Å². The molecule has 150 valence electrons. The number of piperazine rings is 1. The summed E-state index contributed by atoms with van der Waals surface area (Å²) in [5, 5.41) is 4.75. The highest BCUT2D eigenvalue weighted by molar-refractivity contribution is 7.13. The summed E-state index contributed by atoms with van der Waals surface area (Å²) in [6.07, 6.45) is -4.25. The normalized spacial score (nSPS) is 14.9. The number of nitrogens with one attached hydrogen (secondary N) is 1. The van der Waals surface area contributed by atoms with Crippen LogP contribution in [0.15, 0.2) is 29.6 Å². The molecule has 3 rings (SSSR count). The van der Waals surface area contributed by atoms with Crippen LogP contribution >= 0.6 is 11.3 Å². The van der Waals surface area contributed by atoms with Crippen LogP contribution < -0.4 is 10.2 Å². The molecule has 0 radical (unpaired) electrons. The number of carbonyl (C=O) groups is 2. The summed E-state index contributed by atoms with van der Waals surface area (Å²) in [6, 6.07) is 5.22. The fraction of sp³-hybridized carbons (Fsp3) is 0.389. The van der Waals surface area contributed by atoms with E-state index in [-0.39, 0.29) is 18.2 Å². The standard InChI is InChI=1S/C18H19F3N4O2S/c1-12(26)22-17-23-14(11-28-17)10-16(27)25-7-5-24(6-8-25)15-4-2-3-13(9-15)18(19,20)21/h2-4,9,11H,5-8,10H2,1H3,(H,22,23,26). The van der Waals surface area contributed by atoms with Gasteiger partial charge in [0.15, 0.2) is 5.13 Å². The van der Waals surface area contributed by atoms with Crippen molar-refractivity contribution in [1.29, 1.82) is 0 Å². The Kier molecular flexibility index (Phi) is 5.87. The van der Waals surface area contributed by atoms with Gasteiger partial charge in [0, 0.05) is 44.2 Å². The van der Waals surface area contributed by atoms with Crippen molar-refractivity contribution in [3.05, 3.63) is 40.9 Å². The van der Waals surface area contributed by atoms with Gasteiger partial charge in [-0.3, -0.25) is 9.59 Å². The van der Waals surface area contributed by atoms with E-state index in [1.807, 2.05) is 4.90 Å². The maximum absolute atomic E-state index is 12.9. The van der Waals surface area contributed by atoms with Crippen molar-refractivity contribution in [2.75, 3.05) is 36.4 Å². The van der Waals surface area contributed by atoms with E-state index in [0.717, 1.165) is 12.1 Å². The average Bonchev–Trinajstić information content (AvgIpc) is 3.07. The molecule has 0 spiro atoms. The molecule has 0 bridgehead atoms.